The molecule has 0 aliphatic heterocycles. The van der Waals surface area contributed by atoms with Crippen molar-refractivity contribution in [1.82, 2.24) is 0 Å². The first-order chi connectivity index (χ1) is 5.31. The highest BCUT2D eigenvalue weighted by molar-refractivity contribution is 7.54. The highest BCUT2D eigenvalue weighted by Gasteiger charge is 2.45. The second kappa shape index (κ2) is 3.56. The summed E-state index contributed by atoms with van der Waals surface area (Å²) in [6.07, 6.45) is -0.258. The number of carboxylic acids is 1. The lowest BCUT2D eigenvalue weighted by atomic mass is 10.0. The lowest BCUT2D eigenvalue weighted by Gasteiger charge is -2.32. The first kappa shape index (κ1) is 11.6. The van der Waals surface area contributed by atoms with Gasteiger partial charge in [0.2, 0.25) is 0 Å². The van der Waals surface area contributed by atoms with E-state index in [4.69, 9.17) is 9.79 Å². The Bertz CT molecular complexity index is 214. The molecule has 0 saturated heterocycles. The molecule has 0 aromatic carbocycles. The third-order valence-corrected chi connectivity index (χ3v) is 4.04. The Hall–Kier alpha value is -0.380. The number of aliphatic carboxylic acids is 1. The zero-order valence-corrected chi connectivity index (χ0v) is 7.88. The SMILES string of the molecule is CCC(CC)(C(=O)[O-])P(=O)(O)O. The molecule has 0 radical (unpaired) electrons. The molecule has 0 saturated carbocycles. The van der Waals surface area contributed by atoms with Gasteiger partial charge in [0.15, 0.2) is 0 Å². The van der Waals surface area contributed by atoms with Gasteiger partial charge in [-0.2, -0.15) is 0 Å². The summed E-state index contributed by atoms with van der Waals surface area (Å²) in [5, 5.41) is 8.52. The summed E-state index contributed by atoms with van der Waals surface area (Å²) in [6.45, 7) is 2.83. The van der Waals surface area contributed by atoms with Gasteiger partial charge in [-0.05, 0) is 12.8 Å². The molecule has 0 rings (SSSR count). The second-order valence-electron chi connectivity index (χ2n) is 2.57. The number of rotatable bonds is 4. The molecule has 0 aromatic heterocycles. The van der Waals surface area contributed by atoms with Crippen LogP contribution in [0.15, 0.2) is 0 Å². The van der Waals surface area contributed by atoms with Crippen molar-refractivity contribution >= 4 is 13.6 Å². The Morgan fingerprint density at radius 2 is 1.75 bits per heavy atom. The van der Waals surface area contributed by atoms with Crippen LogP contribution in [0, 0.1) is 0 Å². The Balaban J connectivity index is 5.12. The highest BCUT2D eigenvalue weighted by atomic mass is 31.2. The van der Waals surface area contributed by atoms with E-state index in [0.717, 1.165) is 0 Å². The summed E-state index contributed by atoms with van der Waals surface area (Å²) >= 11 is 0. The molecule has 0 amide bonds. The predicted octanol–water partition coefficient (Wildman–Crippen LogP) is -0.527. The molecule has 0 aliphatic rings. The summed E-state index contributed by atoms with van der Waals surface area (Å²) in [4.78, 5) is 28.1. The number of hydrogen-bond donors (Lipinski definition) is 2. The molecule has 0 heterocycles. The van der Waals surface area contributed by atoms with Crippen LogP contribution in [0.4, 0.5) is 0 Å². The summed E-state index contributed by atoms with van der Waals surface area (Å²) in [5.74, 6) is -1.68. The lowest BCUT2D eigenvalue weighted by molar-refractivity contribution is -0.310. The minimum atomic E-state index is -4.62. The number of carbonyl (C=O) groups excluding carboxylic acids is 1. The molecule has 6 heteroatoms. The molecule has 0 bridgehead atoms. The van der Waals surface area contributed by atoms with Gasteiger partial charge >= 0.3 is 7.60 Å². The Labute approximate surface area is 70.6 Å². The number of carbonyl (C=O) groups is 1. The van der Waals surface area contributed by atoms with Crippen LogP contribution in [0.2, 0.25) is 0 Å². The first-order valence-electron chi connectivity index (χ1n) is 3.59. The van der Waals surface area contributed by atoms with Gasteiger partial charge in [-0.25, -0.2) is 0 Å². The molecule has 0 unspecified atom stereocenters. The topological polar surface area (TPSA) is 97.7 Å². The van der Waals surface area contributed by atoms with Crippen molar-refractivity contribution < 1.29 is 24.3 Å². The van der Waals surface area contributed by atoms with Crippen LogP contribution in [-0.4, -0.2) is 20.9 Å². The quantitative estimate of drug-likeness (QED) is 0.588. The Kier molecular flexibility index (Phi) is 3.45. The van der Waals surface area contributed by atoms with Gasteiger partial charge in [0.05, 0.1) is 5.97 Å². The van der Waals surface area contributed by atoms with E-state index in [1.54, 1.807) is 0 Å². The summed E-state index contributed by atoms with van der Waals surface area (Å²) in [6, 6.07) is 0. The largest absolute Gasteiger partial charge is 0.549 e. The van der Waals surface area contributed by atoms with E-state index in [-0.39, 0.29) is 12.8 Å². The highest BCUT2D eigenvalue weighted by Crippen LogP contribution is 2.54. The minimum absolute atomic E-state index is 0.129. The maximum Gasteiger partial charge on any atom is 0.337 e. The zero-order chi connectivity index (χ0) is 9.99. The fraction of sp³-hybridized carbons (Fsp3) is 0.833. The van der Waals surface area contributed by atoms with E-state index >= 15 is 0 Å². The fourth-order valence-electron chi connectivity index (χ4n) is 1.07. The van der Waals surface area contributed by atoms with E-state index < -0.39 is 18.7 Å². The van der Waals surface area contributed by atoms with Crippen LogP contribution in [0.25, 0.3) is 0 Å². The molecule has 12 heavy (non-hydrogen) atoms. The smallest absolute Gasteiger partial charge is 0.337 e. The van der Waals surface area contributed by atoms with Gasteiger partial charge in [0, 0.05) is 0 Å². The Morgan fingerprint density at radius 3 is 1.75 bits per heavy atom. The van der Waals surface area contributed by atoms with Crippen molar-refractivity contribution in [3.8, 4) is 0 Å². The third-order valence-electron chi connectivity index (χ3n) is 2.11. The first-order valence-corrected chi connectivity index (χ1v) is 5.20. The average molecular weight is 195 g/mol. The van der Waals surface area contributed by atoms with Crippen molar-refractivity contribution in [1.29, 1.82) is 0 Å². The maximum absolute atomic E-state index is 10.8. The van der Waals surface area contributed by atoms with Crippen molar-refractivity contribution in [2.75, 3.05) is 0 Å². The normalized spacial score (nSPS) is 13.0. The van der Waals surface area contributed by atoms with Crippen LogP contribution in [0.3, 0.4) is 0 Å². The predicted molar refractivity (Wildman–Crippen MR) is 40.4 cm³/mol. The molecule has 0 atom stereocenters. The molecule has 0 fully saturated rings. The van der Waals surface area contributed by atoms with E-state index in [2.05, 4.69) is 0 Å². The maximum atomic E-state index is 10.8. The molecule has 5 nitrogen and oxygen atoms in total. The minimum Gasteiger partial charge on any atom is -0.549 e. The van der Waals surface area contributed by atoms with E-state index in [9.17, 15) is 14.5 Å². The summed E-state index contributed by atoms with van der Waals surface area (Å²) in [5.41, 5.74) is 0. The molecule has 2 N–H and O–H groups in total. The van der Waals surface area contributed by atoms with Crippen molar-refractivity contribution in [2.24, 2.45) is 0 Å². The van der Waals surface area contributed by atoms with Gasteiger partial charge < -0.3 is 19.7 Å². The van der Waals surface area contributed by atoms with Crippen molar-refractivity contribution in [3.05, 3.63) is 0 Å². The lowest BCUT2D eigenvalue weighted by Crippen LogP contribution is -2.47. The van der Waals surface area contributed by atoms with E-state index in [1.165, 1.54) is 13.8 Å². The van der Waals surface area contributed by atoms with E-state index in [0.29, 0.717) is 0 Å². The monoisotopic (exact) mass is 195 g/mol. The summed E-state index contributed by atoms with van der Waals surface area (Å²) in [7, 11) is -4.62. The standard InChI is InChI=1S/C6H13O5P/c1-3-6(4-2,5(7)8)12(9,10)11/h3-4H2,1-2H3,(H,7,8)(H2,9,10,11)/p-1. The zero-order valence-electron chi connectivity index (χ0n) is 6.98. The Morgan fingerprint density at radius 1 is 1.42 bits per heavy atom. The van der Waals surface area contributed by atoms with Gasteiger partial charge in [-0.3, -0.25) is 4.57 Å². The van der Waals surface area contributed by atoms with Crippen LogP contribution < -0.4 is 5.11 Å². The van der Waals surface area contributed by atoms with Gasteiger partial charge in [-0.15, -0.1) is 0 Å². The van der Waals surface area contributed by atoms with Crippen LogP contribution >= 0.6 is 7.60 Å². The third kappa shape index (κ3) is 1.68. The molecular weight excluding hydrogens is 183 g/mol. The summed E-state index contributed by atoms with van der Waals surface area (Å²) < 4.78 is 10.8. The fourth-order valence-corrected chi connectivity index (χ4v) is 2.13. The second-order valence-corrected chi connectivity index (χ2v) is 4.51. The van der Waals surface area contributed by atoms with Crippen molar-refractivity contribution in [3.63, 3.8) is 0 Å². The van der Waals surface area contributed by atoms with E-state index in [1.807, 2.05) is 0 Å². The van der Waals surface area contributed by atoms with Gasteiger partial charge in [-0.1, -0.05) is 13.8 Å². The molecule has 0 aromatic rings. The van der Waals surface area contributed by atoms with Crippen molar-refractivity contribution in [2.45, 2.75) is 31.8 Å². The number of carboxylic acid groups (broad SMARTS) is 1. The average Bonchev–Trinajstić information content (AvgIpc) is 1.87. The van der Waals surface area contributed by atoms with Gasteiger partial charge in [0.1, 0.15) is 5.16 Å². The molecule has 72 valence electrons. The molecule has 0 aliphatic carbocycles. The van der Waals surface area contributed by atoms with Crippen LogP contribution in [0.1, 0.15) is 26.7 Å². The molecular formula is C6H12O5P-. The number of hydrogen-bond acceptors (Lipinski definition) is 3. The van der Waals surface area contributed by atoms with Gasteiger partial charge in [0.25, 0.3) is 0 Å². The molecule has 0 spiro atoms. The van der Waals surface area contributed by atoms with Crippen LogP contribution in [-0.2, 0) is 9.36 Å². The van der Waals surface area contributed by atoms with Crippen LogP contribution in [0.5, 0.6) is 0 Å².